The summed E-state index contributed by atoms with van der Waals surface area (Å²) in [7, 11) is -2.25. The number of carbonyl (C=O) groups is 2. The van der Waals surface area contributed by atoms with Crippen LogP contribution in [-0.2, 0) is 19.6 Å². The molecule has 0 radical (unpaired) electrons. The van der Waals surface area contributed by atoms with Crippen LogP contribution in [0.1, 0.15) is 39.7 Å². The summed E-state index contributed by atoms with van der Waals surface area (Å²) in [5, 5.41) is 0. The van der Waals surface area contributed by atoms with Crippen LogP contribution in [0.4, 0.5) is 10.6 Å². The first-order chi connectivity index (χ1) is 17.3. The minimum absolute atomic E-state index is 0.0612. The van der Waals surface area contributed by atoms with Gasteiger partial charge >= 0.3 is 6.09 Å². The number of amides is 2. The van der Waals surface area contributed by atoms with Crippen molar-refractivity contribution in [1.82, 2.24) is 18.8 Å². The maximum absolute atomic E-state index is 13.5. The second-order valence-electron chi connectivity index (χ2n) is 10.6. The number of rotatable bonds is 4. The lowest BCUT2D eigenvalue weighted by Crippen LogP contribution is -2.50. The van der Waals surface area contributed by atoms with Gasteiger partial charge in [0, 0.05) is 26.3 Å². The first-order valence-corrected chi connectivity index (χ1v) is 13.6. The van der Waals surface area contributed by atoms with E-state index in [9.17, 15) is 18.0 Å². The number of benzene rings is 1. The van der Waals surface area contributed by atoms with Gasteiger partial charge in [-0.1, -0.05) is 24.6 Å². The number of ether oxygens (including phenoxy) is 1. The predicted octanol–water partition coefficient (Wildman–Crippen LogP) is 3.83. The van der Waals surface area contributed by atoms with Crippen LogP contribution in [0.2, 0.25) is 0 Å². The van der Waals surface area contributed by atoms with Crippen molar-refractivity contribution in [2.24, 2.45) is 11.8 Å². The third-order valence-corrected chi connectivity index (χ3v) is 8.20. The molecule has 0 spiro atoms. The number of fused-ring (bicyclic) bond motifs is 1. The largest absolute Gasteiger partial charge is 0.444 e. The van der Waals surface area contributed by atoms with Gasteiger partial charge in [-0.25, -0.2) is 27.2 Å². The third kappa shape index (κ3) is 5.46. The highest BCUT2D eigenvalue weighted by molar-refractivity contribution is 7.90. The minimum atomic E-state index is -3.86. The highest BCUT2D eigenvalue weighted by atomic mass is 32.2. The van der Waals surface area contributed by atoms with E-state index in [1.54, 1.807) is 42.3 Å². The molecule has 11 heteroatoms. The second kappa shape index (κ2) is 9.77. The van der Waals surface area contributed by atoms with Gasteiger partial charge < -0.3 is 9.64 Å². The van der Waals surface area contributed by atoms with Gasteiger partial charge in [0.15, 0.2) is 11.5 Å². The fourth-order valence-corrected chi connectivity index (χ4v) is 5.60. The Kier molecular flexibility index (Phi) is 7.02. The van der Waals surface area contributed by atoms with Crippen molar-refractivity contribution in [3.63, 3.8) is 0 Å². The molecule has 1 aliphatic rings. The Labute approximate surface area is 217 Å². The van der Waals surface area contributed by atoms with E-state index in [4.69, 9.17) is 4.74 Å². The smallest absolute Gasteiger partial charge is 0.410 e. The minimum Gasteiger partial charge on any atom is -0.444 e. The molecule has 1 aliphatic heterocycles. The maximum Gasteiger partial charge on any atom is 0.410 e. The Hall–Kier alpha value is -3.47. The molecule has 0 N–H and O–H groups in total. The molecular weight excluding hydrogens is 494 g/mol. The van der Waals surface area contributed by atoms with Crippen LogP contribution in [0.3, 0.4) is 0 Å². The van der Waals surface area contributed by atoms with Gasteiger partial charge in [0.05, 0.1) is 17.0 Å². The number of anilines is 1. The molecule has 10 nitrogen and oxygen atoms in total. The molecule has 1 saturated heterocycles. The number of likely N-dealkylation sites (tertiary alicyclic amines) is 1. The molecule has 1 aromatic carbocycles. The van der Waals surface area contributed by atoms with Crippen molar-refractivity contribution in [3.05, 3.63) is 48.3 Å². The summed E-state index contributed by atoms with van der Waals surface area (Å²) >= 11 is 0. The average Bonchev–Trinajstić information content (AvgIpc) is 3.27. The van der Waals surface area contributed by atoms with Gasteiger partial charge in [0.1, 0.15) is 11.1 Å². The monoisotopic (exact) mass is 527 g/mol. The number of nitrogens with zero attached hydrogens (tertiary/aromatic N) is 5. The summed E-state index contributed by atoms with van der Waals surface area (Å²) in [5.74, 6) is -0.271. The van der Waals surface area contributed by atoms with Crippen LogP contribution in [0.5, 0.6) is 0 Å². The molecule has 2 amide bonds. The van der Waals surface area contributed by atoms with Crippen LogP contribution in [0, 0.1) is 18.8 Å². The Morgan fingerprint density at radius 2 is 1.81 bits per heavy atom. The van der Waals surface area contributed by atoms with Crippen LogP contribution < -0.4 is 4.90 Å². The SMILES string of the molecule is Cc1ccc(S(=O)(=O)n2ccc3nc(N(C)C(=O)[C@H]4CN(C(=O)OC(C)(C)C)CC[C@H]4C)cnc32)cc1. The van der Waals surface area contributed by atoms with E-state index in [1.165, 1.54) is 17.3 Å². The molecule has 0 unspecified atom stereocenters. The maximum atomic E-state index is 13.5. The number of aromatic nitrogens is 3. The van der Waals surface area contributed by atoms with Gasteiger partial charge in [-0.15, -0.1) is 0 Å². The van der Waals surface area contributed by atoms with Crippen LogP contribution in [0.15, 0.2) is 47.6 Å². The van der Waals surface area contributed by atoms with E-state index in [2.05, 4.69) is 9.97 Å². The van der Waals surface area contributed by atoms with Crippen molar-refractivity contribution in [3.8, 4) is 0 Å². The molecule has 2 atom stereocenters. The first kappa shape index (κ1) is 26.6. The van der Waals surface area contributed by atoms with Crippen molar-refractivity contribution in [1.29, 1.82) is 0 Å². The van der Waals surface area contributed by atoms with Crippen molar-refractivity contribution in [2.75, 3.05) is 25.0 Å². The number of aryl methyl sites for hydroxylation is 1. The normalized spacial score (nSPS) is 18.6. The number of hydrogen-bond donors (Lipinski definition) is 0. The third-order valence-electron chi connectivity index (χ3n) is 6.52. The molecular formula is C26H33N5O5S. The Bertz CT molecular complexity index is 1430. The summed E-state index contributed by atoms with van der Waals surface area (Å²) in [5.41, 5.74) is 0.854. The van der Waals surface area contributed by atoms with E-state index in [-0.39, 0.29) is 28.9 Å². The summed E-state index contributed by atoms with van der Waals surface area (Å²) in [6.45, 7) is 10.1. The predicted molar refractivity (Wildman–Crippen MR) is 140 cm³/mol. The number of carbonyl (C=O) groups excluding carboxylic acids is 2. The summed E-state index contributed by atoms with van der Waals surface area (Å²) in [6, 6.07) is 8.13. The van der Waals surface area contributed by atoms with E-state index in [0.29, 0.717) is 24.3 Å². The molecule has 37 heavy (non-hydrogen) atoms. The number of piperidine rings is 1. The fourth-order valence-electron chi connectivity index (χ4n) is 4.30. The zero-order valence-corrected chi connectivity index (χ0v) is 22.8. The van der Waals surface area contributed by atoms with Crippen molar-refractivity contribution < 1.29 is 22.7 Å². The quantitative estimate of drug-likeness (QED) is 0.506. The Balaban J connectivity index is 1.56. The van der Waals surface area contributed by atoms with E-state index >= 15 is 0 Å². The molecule has 1 fully saturated rings. The zero-order valence-electron chi connectivity index (χ0n) is 22.0. The fraction of sp³-hybridized carbons (Fsp3) is 0.462. The molecule has 198 valence electrons. The van der Waals surface area contributed by atoms with Crippen molar-refractivity contribution in [2.45, 2.75) is 51.5 Å². The molecule has 0 bridgehead atoms. The first-order valence-electron chi connectivity index (χ1n) is 12.2. The highest BCUT2D eigenvalue weighted by Gasteiger charge is 2.37. The zero-order chi connectivity index (χ0) is 27.1. The summed E-state index contributed by atoms with van der Waals surface area (Å²) < 4.78 is 32.9. The highest BCUT2D eigenvalue weighted by Crippen LogP contribution is 2.28. The van der Waals surface area contributed by atoms with E-state index in [0.717, 1.165) is 9.54 Å². The Morgan fingerprint density at radius 1 is 1.14 bits per heavy atom. The lowest BCUT2D eigenvalue weighted by atomic mass is 9.86. The van der Waals surface area contributed by atoms with Crippen molar-refractivity contribution >= 4 is 39.0 Å². The lowest BCUT2D eigenvalue weighted by molar-refractivity contribution is -0.125. The molecule has 2 aromatic heterocycles. The average molecular weight is 528 g/mol. The second-order valence-corrected chi connectivity index (χ2v) is 12.4. The number of hydrogen-bond acceptors (Lipinski definition) is 7. The molecule has 3 heterocycles. The summed E-state index contributed by atoms with van der Waals surface area (Å²) in [4.78, 5) is 38.0. The molecule has 3 aromatic rings. The molecule has 0 saturated carbocycles. The van der Waals surface area contributed by atoms with Crippen LogP contribution in [-0.4, -0.2) is 65.0 Å². The standard InChI is InChI=1S/C26H33N5O5S/c1-17-7-9-19(10-8-17)37(34,35)31-14-12-21-23(31)27-15-22(28-21)29(6)24(32)20-16-30(13-11-18(20)2)25(33)36-26(3,4)5/h7-10,12,14-15,18,20H,11,13,16H2,1-6H3/t18-,20+/m1/s1. The van der Waals surface area contributed by atoms with E-state index in [1.807, 2.05) is 34.6 Å². The van der Waals surface area contributed by atoms with Gasteiger partial charge in [-0.2, -0.15) is 0 Å². The lowest BCUT2D eigenvalue weighted by Gasteiger charge is -2.38. The van der Waals surface area contributed by atoms with Gasteiger partial charge in [-0.3, -0.25) is 9.69 Å². The van der Waals surface area contributed by atoms with Crippen LogP contribution in [0.25, 0.3) is 11.2 Å². The van der Waals surface area contributed by atoms with Gasteiger partial charge in [0.2, 0.25) is 5.91 Å². The van der Waals surface area contributed by atoms with Gasteiger partial charge in [0.25, 0.3) is 10.0 Å². The van der Waals surface area contributed by atoms with E-state index < -0.39 is 27.6 Å². The Morgan fingerprint density at radius 3 is 2.46 bits per heavy atom. The summed E-state index contributed by atoms with van der Waals surface area (Å²) in [6.07, 6.45) is 3.04. The topological polar surface area (TPSA) is 115 Å². The van der Waals surface area contributed by atoms with Crippen LogP contribution >= 0.6 is 0 Å². The molecule has 4 rings (SSSR count). The molecule has 0 aliphatic carbocycles. The van der Waals surface area contributed by atoms with Gasteiger partial charge in [-0.05, 0) is 58.2 Å².